The number of ether oxygens (including phenoxy) is 1. The van der Waals surface area contributed by atoms with Gasteiger partial charge in [-0.25, -0.2) is 4.79 Å². The molecule has 0 aromatic heterocycles. The van der Waals surface area contributed by atoms with E-state index >= 15 is 0 Å². The molecule has 0 bridgehead atoms. The summed E-state index contributed by atoms with van der Waals surface area (Å²) in [7, 11) is 0. The van der Waals surface area contributed by atoms with E-state index in [1.165, 1.54) is 0 Å². The minimum atomic E-state index is -5.08. The van der Waals surface area contributed by atoms with Crippen LogP contribution in [0.1, 0.15) is 12.8 Å². The Kier molecular flexibility index (Phi) is 7.25. The molecule has 0 saturated carbocycles. The van der Waals surface area contributed by atoms with Crippen LogP contribution in [-0.4, -0.2) is 36.4 Å². The van der Waals surface area contributed by atoms with Crippen molar-refractivity contribution in [2.45, 2.75) is 25.1 Å². The Morgan fingerprint density at radius 2 is 1.82 bits per heavy atom. The molecule has 124 valence electrons. The van der Waals surface area contributed by atoms with Gasteiger partial charge in [-0.15, -0.1) is 0 Å². The van der Waals surface area contributed by atoms with Crippen molar-refractivity contribution in [1.82, 2.24) is 5.32 Å². The van der Waals surface area contributed by atoms with Crippen molar-refractivity contribution < 1.29 is 27.8 Å². The van der Waals surface area contributed by atoms with Crippen LogP contribution in [-0.2, 0) is 4.79 Å². The van der Waals surface area contributed by atoms with Gasteiger partial charge in [-0.2, -0.15) is 13.2 Å². The topological polar surface area (TPSA) is 58.6 Å². The van der Waals surface area contributed by atoms with E-state index in [9.17, 15) is 13.2 Å². The van der Waals surface area contributed by atoms with Crippen molar-refractivity contribution >= 4 is 29.2 Å². The van der Waals surface area contributed by atoms with Crippen LogP contribution in [0.4, 0.5) is 13.2 Å². The van der Waals surface area contributed by atoms with E-state index < -0.39 is 12.1 Å². The Bertz CT molecular complexity index is 486. The number of hydrogen-bond donors (Lipinski definition) is 2. The van der Waals surface area contributed by atoms with Crippen molar-refractivity contribution in [2.24, 2.45) is 0 Å². The Balaban J connectivity index is 0.000000295. The van der Waals surface area contributed by atoms with Gasteiger partial charge in [0.2, 0.25) is 0 Å². The fourth-order valence-corrected chi connectivity index (χ4v) is 2.22. The number of carboxylic acid groups (broad SMARTS) is 1. The van der Waals surface area contributed by atoms with Crippen LogP contribution >= 0.6 is 23.2 Å². The van der Waals surface area contributed by atoms with Crippen LogP contribution in [0.5, 0.6) is 5.75 Å². The SMILES string of the molecule is Clc1cc(Cl)cc(O[C@H]2CCCNC2)c1.O=C(O)C(F)(F)F. The van der Waals surface area contributed by atoms with Crippen molar-refractivity contribution in [3.8, 4) is 5.75 Å². The van der Waals surface area contributed by atoms with Gasteiger partial charge in [0.25, 0.3) is 0 Å². The number of piperidine rings is 1. The van der Waals surface area contributed by atoms with E-state index in [0.717, 1.165) is 31.7 Å². The summed E-state index contributed by atoms with van der Waals surface area (Å²) < 4.78 is 37.5. The lowest BCUT2D eigenvalue weighted by atomic mass is 10.1. The van der Waals surface area contributed by atoms with Gasteiger partial charge < -0.3 is 15.2 Å². The fourth-order valence-electron chi connectivity index (χ4n) is 1.71. The van der Waals surface area contributed by atoms with Gasteiger partial charge in [-0.3, -0.25) is 0 Å². The zero-order valence-corrected chi connectivity index (χ0v) is 12.8. The molecule has 4 nitrogen and oxygen atoms in total. The molecule has 1 heterocycles. The first-order valence-electron chi connectivity index (χ1n) is 6.32. The molecular weight excluding hydrogens is 346 g/mol. The first kappa shape index (κ1) is 18.9. The fraction of sp³-hybridized carbons (Fsp3) is 0.462. The second-order valence-corrected chi connectivity index (χ2v) is 5.37. The van der Waals surface area contributed by atoms with Gasteiger partial charge in [0, 0.05) is 16.6 Å². The number of aliphatic carboxylic acids is 1. The van der Waals surface area contributed by atoms with Gasteiger partial charge in [0.05, 0.1) is 0 Å². The third kappa shape index (κ3) is 7.20. The molecule has 1 atom stereocenters. The number of rotatable bonds is 2. The Morgan fingerprint density at radius 1 is 1.27 bits per heavy atom. The lowest BCUT2D eigenvalue weighted by Crippen LogP contribution is -2.37. The summed E-state index contributed by atoms with van der Waals surface area (Å²) in [4.78, 5) is 8.90. The lowest BCUT2D eigenvalue weighted by Gasteiger charge is -2.24. The molecule has 0 unspecified atom stereocenters. The van der Waals surface area contributed by atoms with Crippen LogP contribution in [0.2, 0.25) is 10.0 Å². The van der Waals surface area contributed by atoms with E-state index in [4.69, 9.17) is 37.8 Å². The average molecular weight is 360 g/mol. The number of halogens is 5. The zero-order chi connectivity index (χ0) is 16.8. The molecule has 0 aliphatic carbocycles. The molecule has 2 N–H and O–H groups in total. The third-order valence-electron chi connectivity index (χ3n) is 2.63. The predicted molar refractivity (Wildman–Crippen MR) is 76.7 cm³/mol. The average Bonchev–Trinajstić information content (AvgIpc) is 2.38. The van der Waals surface area contributed by atoms with Gasteiger partial charge >= 0.3 is 12.1 Å². The molecule has 0 radical (unpaired) electrons. The van der Waals surface area contributed by atoms with Crippen LogP contribution in [0.3, 0.4) is 0 Å². The van der Waals surface area contributed by atoms with Crippen LogP contribution < -0.4 is 10.1 Å². The minimum Gasteiger partial charge on any atom is -0.489 e. The molecule has 1 aromatic rings. The predicted octanol–water partition coefficient (Wildman–Crippen LogP) is 3.76. The minimum absolute atomic E-state index is 0.230. The molecular formula is C13H14Cl2F3NO3. The summed E-state index contributed by atoms with van der Waals surface area (Å²) in [5.74, 6) is -2.01. The van der Waals surface area contributed by atoms with Crippen molar-refractivity contribution in [2.75, 3.05) is 13.1 Å². The van der Waals surface area contributed by atoms with E-state index in [0.29, 0.717) is 10.0 Å². The molecule has 1 aliphatic heterocycles. The number of benzene rings is 1. The largest absolute Gasteiger partial charge is 0.490 e. The van der Waals surface area contributed by atoms with Crippen molar-refractivity contribution in [3.63, 3.8) is 0 Å². The van der Waals surface area contributed by atoms with E-state index in [1.807, 2.05) is 0 Å². The molecule has 1 aliphatic rings. The van der Waals surface area contributed by atoms with E-state index in [2.05, 4.69) is 5.32 Å². The molecule has 1 aromatic carbocycles. The summed E-state index contributed by atoms with van der Waals surface area (Å²) in [6, 6.07) is 5.29. The number of carboxylic acids is 1. The maximum absolute atomic E-state index is 10.6. The van der Waals surface area contributed by atoms with Crippen LogP contribution in [0.25, 0.3) is 0 Å². The van der Waals surface area contributed by atoms with Crippen molar-refractivity contribution in [3.05, 3.63) is 28.2 Å². The number of carbonyl (C=O) groups is 1. The molecule has 1 saturated heterocycles. The monoisotopic (exact) mass is 359 g/mol. The lowest BCUT2D eigenvalue weighted by molar-refractivity contribution is -0.192. The second kappa shape index (κ2) is 8.45. The summed E-state index contributed by atoms with van der Waals surface area (Å²) in [6.45, 7) is 1.97. The summed E-state index contributed by atoms with van der Waals surface area (Å²) in [6.07, 6.45) is -2.62. The highest BCUT2D eigenvalue weighted by atomic mass is 35.5. The molecule has 9 heteroatoms. The van der Waals surface area contributed by atoms with Crippen LogP contribution in [0.15, 0.2) is 18.2 Å². The maximum Gasteiger partial charge on any atom is 0.490 e. The van der Waals surface area contributed by atoms with Crippen LogP contribution in [0, 0.1) is 0 Å². The van der Waals surface area contributed by atoms with Crippen molar-refractivity contribution in [1.29, 1.82) is 0 Å². The molecule has 2 rings (SSSR count). The summed E-state index contributed by atoms with van der Waals surface area (Å²) in [5.41, 5.74) is 0. The van der Waals surface area contributed by atoms with Gasteiger partial charge in [-0.1, -0.05) is 23.2 Å². The number of alkyl halides is 3. The Labute approximate surface area is 135 Å². The zero-order valence-electron chi connectivity index (χ0n) is 11.3. The second-order valence-electron chi connectivity index (χ2n) is 4.49. The van der Waals surface area contributed by atoms with Gasteiger partial charge in [0.15, 0.2) is 0 Å². The van der Waals surface area contributed by atoms with E-state index in [-0.39, 0.29) is 6.10 Å². The summed E-state index contributed by atoms with van der Waals surface area (Å²) in [5, 5.41) is 11.6. The van der Waals surface area contributed by atoms with E-state index in [1.54, 1.807) is 18.2 Å². The highest BCUT2D eigenvalue weighted by Gasteiger charge is 2.38. The molecule has 0 spiro atoms. The highest BCUT2D eigenvalue weighted by Crippen LogP contribution is 2.25. The quantitative estimate of drug-likeness (QED) is 0.843. The number of nitrogens with one attached hydrogen (secondary N) is 1. The standard InChI is InChI=1S/C11H13Cl2NO.C2HF3O2/c12-8-4-9(13)6-11(5-8)15-10-2-1-3-14-7-10;3-2(4,5)1(6)7/h4-6,10,14H,1-3,7H2;(H,6,7)/t10-;/m0./s1. The number of hydrogen-bond acceptors (Lipinski definition) is 3. The Hall–Kier alpha value is -1.18. The summed E-state index contributed by atoms with van der Waals surface area (Å²) >= 11 is 11.8. The first-order chi connectivity index (χ1) is 10.2. The smallest absolute Gasteiger partial charge is 0.489 e. The first-order valence-corrected chi connectivity index (χ1v) is 7.07. The highest BCUT2D eigenvalue weighted by molar-refractivity contribution is 6.34. The van der Waals surface area contributed by atoms with Gasteiger partial charge in [-0.05, 0) is 37.6 Å². The molecule has 1 fully saturated rings. The Morgan fingerprint density at radius 3 is 2.23 bits per heavy atom. The third-order valence-corrected chi connectivity index (χ3v) is 3.07. The maximum atomic E-state index is 10.6. The molecule has 22 heavy (non-hydrogen) atoms. The normalized spacial score (nSPS) is 18.1. The molecule has 0 amide bonds. The van der Waals surface area contributed by atoms with Gasteiger partial charge in [0.1, 0.15) is 11.9 Å².